The Bertz CT molecular complexity index is 254. The van der Waals surface area contributed by atoms with Crippen molar-refractivity contribution in [2.45, 2.75) is 82.8 Å². The van der Waals surface area contributed by atoms with Gasteiger partial charge in [-0.3, -0.25) is 0 Å². The summed E-state index contributed by atoms with van der Waals surface area (Å²) in [4.78, 5) is 0. The van der Waals surface area contributed by atoms with Gasteiger partial charge in [0.05, 0.1) is 12.2 Å². The molecule has 0 spiro atoms. The fourth-order valence-corrected chi connectivity index (χ4v) is 4.45. The standard InChI is InChI=1S/C17H31NO/c1-2-4-10-15(9-3-1)17-13-18-12-16(19-17)11-14-7-5-6-8-14/h14-18H,1-13H2. The third-order valence-electron chi connectivity index (χ3n) is 5.58. The summed E-state index contributed by atoms with van der Waals surface area (Å²) in [7, 11) is 0. The number of nitrogens with one attached hydrogen (secondary N) is 1. The van der Waals surface area contributed by atoms with Crippen LogP contribution in [-0.2, 0) is 4.74 Å². The van der Waals surface area contributed by atoms with Crippen LogP contribution in [0, 0.1) is 11.8 Å². The summed E-state index contributed by atoms with van der Waals surface area (Å²) >= 11 is 0. The van der Waals surface area contributed by atoms with E-state index in [1.165, 1.54) is 70.6 Å². The van der Waals surface area contributed by atoms with E-state index in [9.17, 15) is 0 Å². The van der Waals surface area contributed by atoms with Crippen molar-refractivity contribution in [3.63, 3.8) is 0 Å². The molecule has 0 bridgehead atoms. The molecule has 1 N–H and O–H groups in total. The van der Waals surface area contributed by atoms with Crippen LogP contribution < -0.4 is 5.32 Å². The van der Waals surface area contributed by atoms with Crippen LogP contribution in [0.5, 0.6) is 0 Å². The first-order valence-corrected chi connectivity index (χ1v) is 8.78. The first-order valence-electron chi connectivity index (χ1n) is 8.78. The lowest BCUT2D eigenvalue weighted by Crippen LogP contribution is -2.48. The highest BCUT2D eigenvalue weighted by Crippen LogP contribution is 2.32. The molecule has 2 heteroatoms. The second-order valence-corrected chi connectivity index (χ2v) is 7.09. The zero-order valence-corrected chi connectivity index (χ0v) is 12.4. The van der Waals surface area contributed by atoms with Crippen LogP contribution in [0.1, 0.15) is 70.6 Å². The van der Waals surface area contributed by atoms with Gasteiger partial charge in [-0.2, -0.15) is 0 Å². The van der Waals surface area contributed by atoms with E-state index in [1.54, 1.807) is 0 Å². The molecule has 1 heterocycles. The quantitative estimate of drug-likeness (QED) is 0.782. The van der Waals surface area contributed by atoms with Gasteiger partial charge in [0.2, 0.25) is 0 Å². The third-order valence-corrected chi connectivity index (χ3v) is 5.58. The molecule has 0 aromatic heterocycles. The maximum atomic E-state index is 6.48. The van der Waals surface area contributed by atoms with Crippen molar-refractivity contribution in [3.05, 3.63) is 0 Å². The van der Waals surface area contributed by atoms with Crippen molar-refractivity contribution < 1.29 is 4.74 Å². The van der Waals surface area contributed by atoms with Crippen molar-refractivity contribution in [2.24, 2.45) is 11.8 Å². The Hall–Kier alpha value is -0.0800. The number of ether oxygens (including phenoxy) is 1. The smallest absolute Gasteiger partial charge is 0.0731 e. The van der Waals surface area contributed by atoms with Gasteiger partial charge in [-0.05, 0) is 31.1 Å². The Balaban J connectivity index is 1.48. The minimum atomic E-state index is 0.505. The SMILES string of the molecule is C1CCCC(C2CNCC(CC3CCCC3)O2)CC1. The van der Waals surface area contributed by atoms with Crippen LogP contribution in [0.2, 0.25) is 0 Å². The Labute approximate surface area is 118 Å². The molecular formula is C17H31NO. The van der Waals surface area contributed by atoms with E-state index in [1.807, 2.05) is 0 Å². The van der Waals surface area contributed by atoms with Crippen LogP contribution in [0.4, 0.5) is 0 Å². The second kappa shape index (κ2) is 7.08. The summed E-state index contributed by atoms with van der Waals surface area (Å²) in [5.74, 6) is 1.79. The Morgan fingerprint density at radius 3 is 2.21 bits per heavy atom. The number of hydrogen-bond acceptors (Lipinski definition) is 2. The lowest BCUT2D eigenvalue weighted by atomic mass is 9.91. The molecular weight excluding hydrogens is 234 g/mol. The largest absolute Gasteiger partial charge is 0.372 e. The minimum Gasteiger partial charge on any atom is -0.372 e. The molecule has 0 radical (unpaired) electrons. The van der Waals surface area contributed by atoms with Crippen molar-refractivity contribution in [2.75, 3.05) is 13.1 Å². The van der Waals surface area contributed by atoms with Gasteiger partial charge in [0.1, 0.15) is 0 Å². The van der Waals surface area contributed by atoms with Crippen LogP contribution in [-0.4, -0.2) is 25.3 Å². The normalized spacial score (nSPS) is 35.4. The van der Waals surface area contributed by atoms with E-state index in [4.69, 9.17) is 4.74 Å². The molecule has 2 saturated carbocycles. The third kappa shape index (κ3) is 3.95. The minimum absolute atomic E-state index is 0.505. The molecule has 2 aliphatic carbocycles. The van der Waals surface area contributed by atoms with E-state index in [2.05, 4.69) is 5.32 Å². The average molecular weight is 265 g/mol. The zero-order chi connectivity index (χ0) is 12.9. The molecule has 0 amide bonds. The summed E-state index contributed by atoms with van der Waals surface area (Å²) in [6, 6.07) is 0. The van der Waals surface area contributed by atoms with Crippen LogP contribution in [0.3, 0.4) is 0 Å². The van der Waals surface area contributed by atoms with Gasteiger partial charge < -0.3 is 10.1 Å². The highest BCUT2D eigenvalue weighted by molar-refractivity contribution is 4.83. The van der Waals surface area contributed by atoms with Crippen LogP contribution >= 0.6 is 0 Å². The first kappa shape index (κ1) is 13.9. The van der Waals surface area contributed by atoms with Gasteiger partial charge in [0.15, 0.2) is 0 Å². The summed E-state index contributed by atoms with van der Waals surface area (Å²) in [6.45, 7) is 2.20. The van der Waals surface area contributed by atoms with Crippen molar-refractivity contribution >= 4 is 0 Å². The molecule has 2 unspecified atom stereocenters. The number of morpholine rings is 1. The molecule has 2 atom stereocenters. The molecule has 1 saturated heterocycles. The zero-order valence-electron chi connectivity index (χ0n) is 12.4. The molecule has 110 valence electrons. The lowest BCUT2D eigenvalue weighted by Gasteiger charge is -2.36. The van der Waals surface area contributed by atoms with Gasteiger partial charge in [-0.1, -0.05) is 51.4 Å². The fraction of sp³-hybridized carbons (Fsp3) is 1.00. The van der Waals surface area contributed by atoms with Gasteiger partial charge >= 0.3 is 0 Å². The Kier molecular flexibility index (Phi) is 5.17. The first-order chi connectivity index (χ1) is 9.42. The van der Waals surface area contributed by atoms with E-state index in [0.29, 0.717) is 12.2 Å². The van der Waals surface area contributed by atoms with Crippen LogP contribution in [0.25, 0.3) is 0 Å². The topological polar surface area (TPSA) is 21.3 Å². The molecule has 19 heavy (non-hydrogen) atoms. The number of hydrogen-bond donors (Lipinski definition) is 1. The maximum absolute atomic E-state index is 6.48. The highest BCUT2D eigenvalue weighted by atomic mass is 16.5. The van der Waals surface area contributed by atoms with Gasteiger partial charge in [0.25, 0.3) is 0 Å². The Morgan fingerprint density at radius 1 is 0.789 bits per heavy atom. The Morgan fingerprint density at radius 2 is 1.47 bits per heavy atom. The molecule has 2 nitrogen and oxygen atoms in total. The monoisotopic (exact) mass is 265 g/mol. The van der Waals surface area contributed by atoms with E-state index < -0.39 is 0 Å². The summed E-state index contributed by atoms with van der Waals surface area (Å²) in [6.07, 6.45) is 16.7. The van der Waals surface area contributed by atoms with Gasteiger partial charge in [0, 0.05) is 13.1 Å². The second-order valence-electron chi connectivity index (χ2n) is 7.09. The summed E-state index contributed by atoms with van der Waals surface area (Å²) < 4.78 is 6.48. The maximum Gasteiger partial charge on any atom is 0.0731 e. The molecule has 3 rings (SSSR count). The number of rotatable bonds is 3. The van der Waals surface area contributed by atoms with Crippen molar-refractivity contribution in [1.29, 1.82) is 0 Å². The van der Waals surface area contributed by atoms with Gasteiger partial charge in [-0.15, -0.1) is 0 Å². The van der Waals surface area contributed by atoms with Crippen LogP contribution in [0.15, 0.2) is 0 Å². The molecule has 1 aliphatic heterocycles. The molecule has 0 aromatic carbocycles. The average Bonchev–Trinajstić information content (AvgIpc) is 2.79. The van der Waals surface area contributed by atoms with E-state index in [0.717, 1.165) is 24.9 Å². The lowest BCUT2D eigenvalue weighted by molar-refractivity contribution is -0.0762. The van der Waals surface area contributed by atoms with Gasteiger partial charge in [-0.25, -0.2) is 0 Å². The van der Waals surface area contributed by atoms with Crippen molar-refractivity contribution in [3.8, 4) is 0 Å². The highest BCUT2D eigenvalue weighted by Gasteiger charge is 2.31. The summed E-state index contributed by atoms with van der Waals surface area (Å²) in [5, 5.41) is 3.65. The van der Waals surface area contributed by atoms with Crippen molar-refractivity contribution in [1.82, 2.24) is 5.32 Å². The molecule has 3 aliphatic rings. The predicted molar refractivity (Wildman–Crippen MR) is 79.3 cm³/mol. The summed E-state index contributed by atoms with van der Waals surface area (Å²) in [5.41, 5.74) is 0. The van der Waals surface area contributed by atoms with E-state index >= 15 is 0 Å². The van der Waals surface area contributed by atoms with E-state index in [-0.39, 0.29) is 0 Å². The molecule has 3 fully saturated rings. The molecule has 0 aromatic rings. The fourth-order valence-electron chi connectivity index (χ4n) is 4.45. The predicted octanol–water partition coefficient (Wildman–Crippen LogP) is 3.89.